The molecule has 0 radical (unpaired) electrons. The highest BCUT2D eigenvalue weighted by molar-refractivity contribution is 7.99. The van der Waals surface area contributed by atoms with E-state index >= 15 is 0 Å². The summed E-state index contributed by atoms with van der Waals surface area (Å²) in [6, 6.07) is 15.7. The van der Waals surface area contributed by atoms with E-state index in [0.29, 0.717) is 18.7 Å². The van der Waals surface area contributed by atoms with Gasteiger partial charge in [0.2, 0.25) is 11.8 Å². The average molecular weight is 385 g/mol. The second kappa shape index (κ2) is 10.2. The topological polar surface area (TPSA) is 49.4 Å². The molecule has 0 fully saturated rings. The van der Waals surface area contributed by atoms with Gasteiger partial charge in [-0.3, -0.25) is 9.59 Å². The molecule has 0 spiro atoms. The summed E-state index contributed by atoms with van der Waals surface area (Å²) < 4.78 is 0. The molecule has 1 atom stereocenters. The van der Waals surface area contributed by atoms with Crippen molar-refractivity contribution >= 4 is 23.6 Å². The Morgan fingerprint density at radius 2 is 1.74 bits per heavy atom. The lowest BCUT2D eigenvalue weighted by Gasteiger charge is -2.29. The normalized spacial score (nSPS) is 11.7. The number of hydrogen-bond acceptors (Lipinski definition) is 3. The smallest absolute Gasteiger partial charge is 0.242 e. The van der Waals surface area contributed by atoms with Crippen LogP contribution in [-0.2, 0) is 16.1 Å². The van der Waals surface area contributed by atoms with E-state index in [9.17, 15) is 9.59 Å². The molecule has 2 amide bonds. The minimum Gasteiger partial charge on any atom is -0.357 e. The highest BCUT2D eigenvalue weighted by Gasteiger charge is 2.25. The Kier molecular flexibility index (Phi) is 7.92. The number of rotatable bonds is 8. The van der Waals surface area contributed by atoms with Gasteiger partial charge < -0.3 is 10.2 Å². The summed E-state index contributed by atoms with van der Waals surface area (Å²) in [6.07, 6.45) is 0.395. The molecular formula is C22H28N2O2S. The molecule has 4 nitrogen and oxygen atoms in total. The molecular weight excluding hydrogens is 356 g/mol. The predicted octanol–water partition coefficient (Wildman–Crippen LogP) is 3.95. The third-order valence-corrected chi connectivity index (χ3v) is 5.64. The van der Waals surface area contributed by atoms with Crippen LogP contribution < -0.4 is 5.32 Å². The zero-order valence-electron chi connectivity index (χ0n) is 16.5. The maximum Gasteiger partial charge on any atom is 0.242 e. The van der Waals surface area contributed by atoms with Gasteiger partial charge in [0, 0.05) is 30.7 Å². The van der Waals surface area contributed by atoms with Crippen molar-refractivity contribution in [3.8, 4) is 0 Å². The molecule has 0 saturated heterocycles. The number of carbonyl (C=O) groups excluding carboxylic acids is 2. The third kappa shape index (κ3) is 6.14. The van der Waals surface area contributed by atoms with Crippen molar-refractivity contribution in [2.24, 2.45) is 0 Å². The summed E-state index contributed by atoms with van der Waals surface area (Å²) in [7, 11) is 1.60. The number of hydrogen-bond donors (Lipinski definition) is 1. The molecule has 0 saturated carbocycles. The van der Waals surface area contributed by atoms with E-state index in [4.69, 9.17) is 0 Å². The number of thioether (sulfide) groups is 1. The first-order valence-corrected chi connectivity index (χ1v) is 10.2. The van der Waals surface area contributed by atoms with Crippen LogP contribution in [0.5, 0.6) is 0 Å². The molecule has 2 aromatic rings. The predicted molar refractivity (Wildman–Crippen MR) is 112 cm³/mol. The van der Waals surface area contributed by atoms with Crippen LogP contribution in [0.2, 0.25) is 0 Å². The van der Waals surface area contributed by atoms with Crippen LogP contribution in [-0.4, -0.2) is 35.6 Å². The Morgan fingerprint density at radius 3 is 2.37 bits per heavy atom. The van der Waals surface area contributed by atoms with Gasteiger partial charge in [-0.25, -0.2) is 0 Å². The van der Waals surface area contributed by atoms with E-state index in [1.165, 1.54) is 5.56 Å². The molecule has 0 aromatic heterocycles. The van der Waals surface area contributed by atoms with Gasteiger partial charge in [0.05, 0.1) is 0 Å². The fraction of sp³-hybridized carbons (Fsp3) is 0.364. The number of nitrogens with zero attached hydrogens (tertiary/aromatic N) is 1. The van der Waals surface area contributed by atoms with Crippen LogP contribution in [0.3, 0.4) is 0 Å². The van der Waals surface area contributed by atoms with E-state index < -0.39 is 6.04 Å². The number of amides is 2. The minimum atomic E-state index is -0.508. The summed E-state index contributed by atoms with van der Waals surface area (Å²) >= 11 is 1.66. The van der Waals surface area contributed by atoms with Crippen LogP contribution in [0, 0.1) is 13.8 Å². The number of carbonyl (C=O) groups is 2. The molecule has 144 valence electrons. The molecule has 1 N–H and O–H groups in total. The maximum atomic E-state index is 12.9. The standard InChI is InChI=1S/C22H28N2O2S/c1-16-9-11-20(12-10-16)27-14-13-21(25)24(18(3)22(26)23-4)15-19-8-6-5-7-17(19)2/h5-12,18H,13-15H2,1-4H3,(H,23,26). The zero-order valence-corrected chi connectivity index (χ0v) is 17.3. The van der Waals surface area contributed by atoms with E-state index in [-0.39, 0.29) is 11.8 Å². The van der Waals surface area contributed by atoms with Crippen LogP contribution in [0.1, 0.15) is 30.0 Å². The van der Waals surface area contributed by atoms with Crippen molar-refractivity contribution < 1.29 is 9.59 Å². The monoisotopic (exact) mass is 384 g/mol. The Hall–Kier alpha value is -2.27. The fourth-order valence-corrected chi connectivity index (χ4v) is 3.64. The SMILES string of the molecule is CNC(=O)C(C)N(Cc1ccccc1C)C(=O)CCSc1ccc(C)cc1. The first kappa shape index (κ1) is 21.0. The summed E-state index contributed by atoms with van der Waals surface area (Å²) in [5.74, 6) is 0.532. The second-order valence-electron chi connectivity index (χ2n) is 6.65. The lowest BCUT2D eigenvalue weighted by atomic mass is 10.1. The van der Waals surface area contributed by atoms with Crippen molar-refractivity contribution in [3.05, 3.63) is 65.2 Å². The Balaban J connectivity index is 2.04. The first-order valence-electron chi connectivity index (χ1n) is 9.17. The fourth-order valence-electron chi connectivity index (χ4n) is 2.80. The zero-order chi connectivity index (χ0) is 19.8. The Labute approximate surface area is 166 Å². The van der Waals surface area contributed by atoms with Gasteiger partial charge in [-0.1, -0.05) is 42.0 Å². The lowest BCUT2D eigenvalue weighted by Crippen LogP contribution is -2.46. The van der Waals surface area contributed by atoms with Crippen molar-refractivity contribution in [1.82, 2.24) is 10.2 Å². The van der Waals surface area contributed by atoms with Gasteiger partial charge in [-0.15, -0.1) is 11.8 Å². The molecule has 0 bridgehead atoms. The molecule has 2 aromatic carbocycles. The van der Waals surface area contributed by atoms with Crippen LogP contribution in [0.15, 0.2) is 53.4 Å². The van der Waals surface area contributed by atoms with E-state index in [1.807, 2.05) is 31.2 Å². The van der Waals surface area contributed by atoms with Gasteiger partial charge in [-0.2, -0.15) is 0 Å². The van der Waals surface area contributed by atoms with Crippen molar-refractivity contribution in [2.75, 3.05) is 12.8 Å². The average Bonchev–Trinajstić information content (AvgIpc) is 2.67. The largest absolute Gasteiger partial charge is 0.357 e. The van der Waals surface area contributed by atoms with Crippen LogP contribution in [0.4, 0.5) is 0 Å². The molecule has 1 unspecified atom stereocenters. The molecule has 0 aliphatic rings. The van der Waals surface area contributed by atoms with Gasteiger partial charge >= 0.3 is 0 Å². The molecule has 0 heterocycles. The Morgan fingerprint density at radius 1 is 1.07 bits per heavy atom. The summed E-state index contributed by atoms with van der Waals surface area (Å²) in [6.45, 7) is 6.30. The highest BCUT2D eigenvalue weighted by Crippen LogP contribution is 2.21. The summed E-state index contributed by atoms with van der Waals surface area (Å²) in [5.41, 5.74) is 3.40. The van der Waals surface area contributed by atoms with Gasteiger partial charge in [0.1, 0.15) is 6.04 Å². The van der Waals surface area contributed by atoms with E-state index in [1.54, 1.807) is 30.6 Å². The quantitative estimate of drug-likeness (QED) is 0.701. The molecule has 5 heteroatoms. The van der Waals surface area contributed by atoms with Crippen LogP contribution >= 0.6 is 11.8 Å². The number of aryl methyl sites for hydroxylation is 2. The highest BCUT2D eigenvalue weighted by atomic mass is 32.2. The maximum absolute atomic E-state index is 12.9. The van der Waals surface area contributed by atoms with Crippen molar-refractivity contribution in [1.29, 1.82) is 0 Å². The first-order chi connectivity index (χ1) is 12.9. The second-order valence-corrected chi connectivity index (χ2v) is 7.82. The summed E-state index contributed by atoms with van der Waals surface area (Å²) in [5, 5.41) is 2.65. The van der Waals surface area contributed by atoms with Gasteiger partial charge in [-0.05, 0) is 44.0 Å². The van der Waals surface area contributed by atoms with Crippen molar-refractivity contribution in [2.45, 2.75) is 44.7 Å². The lowest BCUT2D eigenvalue weighted by molar-refractivity contribution is -0.140. The molecule has 2 rings (SSSR count). The number of nitrogens with one attached hydrogen (secondary N) is 1. The molecule has 27 heavy (non-hydrogen) atoms. The molecule has 0 aliphatic carbocycles. The number of likely N-dealkylation sites (N-methyl/N-ethyl adjacent to an activating group) is 1. The van der Waals surface area contributed by atoms with Gasteiger partial charge in [0.15, 0.2) is 0 Å². The van der Waals surface area contributed by atoms with Crippen LogP contribution in [0.25, 0.3) is 0 Å². The Bertz CT molecular complexity index is 774. The van der Waals surface area contributed by atoms with Crippen molar-refractivity contribution in [3.63, 3.8) is 0 Å². The summed E-state index contributed by atoms with van der Waals surface area (Å²) in [4.78, 5) is 27.9. The van der Waals surface area contributed by atoms with E-state index in [2.05, 4.69) is 36.5 Å². The number of benzene rings is 2. The molecule has 0 aliphatic heterocycles. The third-order valence-electron chi connectivity index (χ3n) is 4.62. The minimum absolute atomic E-state index is 0.00559. The van der Waals surface area contributed by atoms with Gasteiger partial charge in [0.25, 0.3) is 0 Å². The van der Waals surface area contributed by atoms with E-state index in [0.717, 1.165) is 16.0 Å².